The number of rotatable bonds is 1. The van der Waals surface area contributed by atoms with Crippen molar-refractivity contribution in [3.8, 4) is 0 Å². The Balaban J connectivity index is 1.91. The monoisotopic (exact) mass is 272 g/mol. The predicted molar refractivity (Wildman–Crippen MR) is 82.8 cm³/mol. The number of hydrogen-bond donors (Lipinski definition) is 1. The Morgan fingerprint density at radius 3 is 2.65 bits per heavy atom. The van der Waals surface area contributed by atoms with Gasteiger partial charge in [0.2, 0.25) is 0 Å². The smallest absolute Gasteiger partial charge is 0.0889 e. The van der Waals surface area contributed by atoms with Crippen molar-refractivity contribution in [3.63, 3.8) is 0 Å². The quantitative estimate of drug-likeness (QED) is 0.618. The molecular formula is C17H24N2O. The molecule has 1 aliphatic carbocycles. The summed E-state index contributed by atoms with van der Waals surface area (Å²) in [5.74, 6) is 0.878. The van der Waals surface area contributed by atoms with Gasteiger partial charge in [-0.2, -0.15) is 0 Å². The molecule has 108 valence electrons. The van der Waals surface area contributed by atoms with Crippen LogP contribution in [0.1, 0.15) is 51.0 Å². The Labute approximate surface area is 121 Å². The standard InChI is InChI=1S/C17H24N2O/c1-13-8-10-14(11-9-13)19-12-4-6-16(18-20)15-5-2-3-7-17(15)19/h2-3,5,7,13-14,20H,4,6,8-12H2,1H3/b18-16-. The zero-order chi connectivity index (χ0) is 13.9. The summed E-state index contributed by atoms with van der Waals surface area (Å²) in [6, 6.07) is 9.07. The van der Waals surface area contributed by atoms with Crippen LogP contribution < -0.4 is 4.90 Å². The highest BCUT2D eigenvalue weighted by molar-refractivity contribution is 6.05. The van der Waals surface area contributed by atoms with Crippen molar-refractivity contribution in [2.24, 2.45) is 11.1 Å². The molecule has 0 atom stereocenters. The van der Waals surface area contributed by atoms with Crippen molar-refractivity contribution < 1.29 is 5.21 Å². The number of para-hydroxylation sites is 1. The Bertz CT molecular complexity index is 490. The molecular weight excluding hydrogens is 248 g/mol. The molecule has 1 aliphatic heterocycles. The summed E-state index contributed by atoms with van der Waals surface area (Å²) in [6.45, 7) is 3.44. The van der Waals surface area contributed by atoms with Crippen LogP contribution in [0.4, 0.5) is 5.69 Å². The van der Waals surface area contributed by atoms with E-state index in [0.29, 0.717) is 6.04 Å². The van der Waals surface area contributed by atoms with Gasteiger partial charge in [-0.15, -0.1) is 0 Å². The molecule has 0 saturated heterocycles. The lowest BCUT2D eigenvalue weighted by Crippen LogP contribution is -2.38. The van der Waals surface area contributed by atoms with Crippen LogP contribution in [0.3, 0.4) is 0 Å². The molecule has 1 fully saturated rings. The maximum atomic E-state index is 9.26. The first-order chi connectivity index (χ1) is 9.79. The van der Waals surface area contributed by atoms with E-state index in [9.17, 15) is 5.21 Å². The van der Waals surface area contributed by atoms with Crippen LogP contribution >= 0.6 is 0 Å². The highest BCUT2D eigenvalue weighted by Gasteiger charge is 2.28. The summed E-state index contributed by atoms with van der Waals surface area (Å²) < 4.78 is 0. The van der Waals surface area contributed by atoms with Crippen LogP contribution in [0, 0.1) is 5.92 Å². The van der Waals surface area contributed by atoms with E-state index >= 15 is 0 Å². The fourth-order valence-corrected chi connectivity index (χ4v) is 3.68. The van der Waals surface area contributed by atoms with Gasteiger partial charge in [-0.1, -0.05) is 30.3 Å². The number of fused-ring (bicyclic) bond motifs is 1. The summed E-state index contributed by atoms with van der Waals surface area (Å²) in [5, 5.41) is 12.8. The lowest BCUT2D eigenvalue weighted by Gasteiger charge is -2.37. The highest BCUT2D eigenvalue weighted by Crippen LogP contribution is 2.34. The molecule has 1 N–H and O–H groups in total. The second-order valence-corrected chi connectivity index (χ2v) is 6.27. The van der Waals surface area contributed by atoms with Gasteiger partial charge < -0.3 is 10.1 Å². The Morgan fingerprint density at radius 1 is 1.15 bits per heavy atom. The van der Waals surface area contributed by atoms with E-state index < -0.39 is 0 Å². The molecule has 3 nitrogen and oxygen atoms in total. The van der Waals surface area contributed by atoms with Gasteiger partial charge in [0.1, 0.15) is 0 Å². The van der Waals surface area contributed by atoms with Crippen LogP contribution in [0.25, 0.3) is 0 Å². The topological polar surface area (TPSA) is 35.8 Å². The van der Waals surface area contributed by atoms with E-state index in [1.807, 2.05) is 6.07 Å². The van der Waals surface area contributed by atoms with Crippen molar-refractivity contribution in [1.82, 2.24) is 0 Å². The number of nitrogens with zero attached hydrogens (tertiary/aromatic N) is 2. The van der Waals surface area contributed by atoms with Gasteiger partial charge in [0, 0.05) is 23.8 Å². The van der Waals surface area contributed by atoms with Gasteiger partial charge in [0.15, 0.2) is 0 Å². The van der Waals surface area contributed by atoms with E-state index in [1.165, 1.54) is 31.4 Å². The zero-order valence-corrected chi connectivity index (χ0v) is 12.3. The summed E-state index contributed by atoms with van der Waals surface area (Å²) in [5.41, 5.74) is 3.22. The molecule has 0 bridgehead atoms. The minimum Gasteiger partial charge on any atom is -0.411 e. The second-order valence-electron chi connectivity index (χ2n) is 6.27. The normalized spacial score (nSPS) is 29.1. The van der Waals surface area contributed by atoms with Crippen LogP contribution in [0.15, 0.2) is 29.4 Å². The lowest BCUT2D eigenvalue weighted by atomic mass is 9.86. The number of hydrogen-bond acceptors (Lipinski definition) is 3. The Morgan fingerprint density at radius 2 is 1.90 bits per heavy atom. The van der Waals surface area contributed by atoms with Gasteiger partial charge in [0.25, 0.3) is 0 Å². The highest BCUT2D eigenvalue weighted by atomic mass is 16.4. The van der Waals surface area contributed by atoms with E-state index in [4.69, 9.17) is 0 Å². The fraction of sp³-hybridized carbons (Fsp3) is 0.588. The van der Waals surface area contributed by atoms with Crippen LogP contribution in [0.2, 0.25) is 0 Å². The molecule has 3 heteroatoms. The first-order valence-corrected chi connectivity index (χ1v) is 7.86. The summed E-state index contributed by atoms with van der Waals surface area (Å²) in [6.07, 6.45) is 7.20. The average Bonchev–Trinajstić information content (AvgIpc) is 2.67. The van der Waals surface area contributed by atoms with E-state index in [-0.39, 0.29) is 0 Å². The van der Waals surface area contributed by atoms with Crippen LogP contribution in [-0.2, 0) is 0 Å². The van der Waals surface area contributed by atoms with Gasteiger partial charge >= 0.3 is 0 Å². The number of anilines is 1. The number of benzene rings is 1. The molecule has 1 heterocycles. The van der Waals surface area contributed by atoms with Gasteiger partial charge in [-0.3, -0.25) is 0 Å². The van der Waals surface area contributed by atoms with E-state index in [2.05, 4.69) is 35.2 Å². The summed E-state index contributed by atoms with van der Waals surface area (Å²) in [7, 11) is 0. The van der Waals surface area contributed by atoms with Crippen molar-refractivity contribution in [2.75, 3.05) is 11.4 Å². The summed E-state index contributed by atoms with van der Waals surface area (Å²) in [4.78, 5) is 2.57. The fourth-order valence-electron chi connectivity index (χ4n) is 3.68. The van der Waals surface area contributed by atoms with E-state index in [0.717, 1.165) is 36.6 Å². The first kappa shape index (κ1) is 13.5. The zero-order valence-electron chi connectivity index (χ0n) is 12.3. The molecule has 1 aromatic rings. The Hall–Kier alpha value is -1.51. The molecule has 3 rings (SSSR count). The third-order valence-corrected chi connectivity index (χ3v) is 4.88. The largest absolute Gasteiger partial charge is 0.411 e. The maximum absolute atomic E-state index is 9.26. The molecule has 0 amide bonds. The summed E-state index contributed by atoms with van der Waals surface area (Å²) >= 11 is 0. The molecule has 20 heavy (non-hydrogen) atoms. The predicted octanol–water partition coefficient (Wildman–Crippen LogP) is 4.04. The molecule has 0 radical (unpaired) electrons. The van der Waals surface area contributed by atoms with Gasteiger partial charge in [-0.05, 0) is 50.5 Å². The van der Waals surface area contributed by atoms with Gasteiger partial charge in [-0.25, -0.2) is 0 Å². The molecule has 1 saturated carbocycles. The minimum absolute atomic E-state index is 0.658. The molecule has 0 spiro atoms. The third kappa shape index (κ3) is 2.54. The van der Waals surface area contributed by atoms with Crippen molar-refractivity contribution in [3.05, 3.63) is 29.8 Å². The molecule has 0 aromatic heterocycles. The molecule has 1 aromatic carbocycles. The van der Waals surface area contributed by atoms with Crippen molar-refractivity contribution in [1.29, 1.82) is 0 Å². The average molecular weight is 272 g/mol. The maximum Gasteiger partial charge on any atom is 0.0889 e. The first-order valence-electron chi connectivity index (χ1n) is 7.86. The van der Waals surface area contributed by atoms with Crippen molar-refractivity contribution in [2.45, 2.75) is 51.5 Å². The van der Waals surface area contributed by atoms with Crippen LogP contribution in [0.5, 0.6) is 0 Å². The SMILES string of the molecule is CC1CCC(N2CCC/C(=N/O)c3ccccc32)CC1. The number of oxime groups is 1. The minimum atomic E-state index is 0.658. The van der Waals surface area contributed by atoms with Crippen molar-refractivity contribution >= 4 is 11.4 Å². The Kier molecular flexibility index (Phi) is 3.95. The molecule has 0 unspecified atom stereocenters. The lowest BCUT2D eigenvalue weighted by molar-refractivity contribution is 0.318. The second kappa shape index (κ2) is 5.86. The third-order valence-electron chi connectivity index (χ3n) is 4.88. The van der Waals surface area contributed by atoms with Gasteiger partial charge in [0.05, 0.1) is 5.71 Å². The molecule has 2 aliphatic rings. The van der Waals surface area contributed by atoms with Crippen LogP contribution in [-0.4, -0.2) is 23.5 Å². The van der Waals surface area contributed by atoms with E-state index in [1.54, 1.807) is 0 Å².